The van der Waals surface area contributed by atoms with E-state index in [2.05, 4.69) is 10.6 Å². The maximum Gasteiger partial charge on any atom is 0.234 e. The first-order valence-corrected chi connectivity index (χ1v) is 7.17. The Morgan fingerprint density at radius 3 is 2.68 bits per heavy atom. The Morgan fingerprint density at radius 2 is 2.05 bits per heavy atom. The van der Waals surface area contributed by atoms with Crippen molar-refractivity contribution in [3.63, 3.8) is 0 Å². The average Bonchev–Trinajstić information content (AvgIpc) is 3.29. The number of nitrogens with one attached hydrogen (secondary N) is 2. The van der Waals surface area contributed by atoms with Crippen LogP contribution in [0.3, 0.4) is 0 Å². The van der Waals surface area contributed by atoms with Crippen molar-refractivity contribution in [1.82, 2.24) is 10.6 Å². The van der Waals surface area contributed by atoms with Crippen LogP contribution in [-0.2, 0) is 4.79 Å². The summed E-state index contributed by atoms with van der Waals surface area (Å²) in [7, 11) is 0. The van der Waals surface area contributed by atoms with Crippen LogP contribution in [0, 0.1) is 11.7 Å². The fourth-order valence-electron chi connectivity index (χ4n) is 1.79. The maximum atomic E-state index is 12.7. The lowest BCUT2D eigenvalue weighted by atomic mass is 10.3. The topological polar surface area (TPSA) is 70.6 Å². The molecule has 1 saturated carbocycles. The van der Waals surface area contributed by atoms with Gasteiger partial charge in [0.15, 0.2) is 0 Å². The largest absolute Gasteiger partial charge is 0.491 e. The highest BCUT2D eigenvalue weighted by atomic mass is 35.5. The number of amides is 1. The van der Waals surface area contributed by atoms with E-state index in [1.807, 2.05) is 0 Å². The lowest BCUT2D eigenvalue weighted by molar-refractivity contribution is -0.120. The molecule has 124 valence electrons. The third-order valence-corrected chi connectivity index (χ3v) is 3.21. The molecule has 1 aromatic carbocycles. The van der Waals surface area contributed by atoms with Gasteiger partial charge < -0.3 is 20.5 Å². The Balaban J connectivity index is 0.00000242. The molecule has 5 nitrogen and oxygen atoms in total. The number of carbonyl (C=O) groups excluding carboxylic acids is 1. The fraction of sp³-hybridized carbons (Fsp3) is 0.533. The van der Waals surface area contributed by atoms with E-state index < -0.39 is 6.10 Å². The number of carbonyl (C=O) groups is 1. The minimum Gasteiger partial charge on any atom is -0.491 e. The van der Waals surface area contributed by atoms with Gasteiger partial charge in [0.1, 0.15) is 24.3 Å². The molecule has 0 aromatic heterocycles. The third-order valence-electron chi connectivity index (χ3n) is 3.21. The predicted octanol–water partition coefficient (Wildman–Crippen LogP) is 1.10. The van der Waals surface area contributed by atoms with E-state index in [0.717, 1.165) is 12.5 Å². The van der Waals surface area contributed by atoms with Gasteiger partial charge in [-0.2, -0.15) is 0 Å². The lowest BCUT2D eigenvalue weighted by Crippen LogP contribution is -2.40. The van der Waals surface area contributed by atoms with Gasteiger partial charge >= 0.3 is 0 Å². The Labute approximate surface area is 135 Å². The van der Waals surface area contributed by atoms with E-state index in [4.69, 9.17) is 4.74 Å². The molecule has 0 aliphatic heterocycles. The predicted molar refractivity (Wildman–Crippen MR) is 83.8 cm³/mol. The zero-order valence-corrected chi connectivity index (χ0v) is 13.1. The molecule has 0 heterocycles. The molecule has 0 radical (unpaired) electrons. The molecule has 1 atom stereocenters. The zero-order chi connectivity index (χ0) is 15.1. The summed E-state index contributed by atoms with van der Waals surface area (Å²) in [4.78, 5) is 11.5. The second-order valence-electron chi connectivity index (χ2n) is 5.30. The van der Waals surface area contributed by atoms with Crippen LogP contribution in [0.1, 0.15) is 12.8 Å². The van der Waals surface area contributed by atoms with Crippen LogP contribution in [0.25, 0.3) is 0 Å². The molecule has 1 fully saturated rings. The summed E-state index contributed by atoms with van der Waals surface area (Å²) in [5, 5.41) is 15.4. The smallest absolute Gasteiger partial charge is 0.234 e. The van der Waals surface area contributed by atoms with Gasteiger partial charge in [-0.3, -0.25) is 4.79 Å². The van der Waals surface area contributed by atoms with E-state index in [9.17, 15) is 14.3 Å². The van der Waals surface area contributed by atoms with Gasteiger partial charge in [0.05, 0.1) is 6.54 Å². The van der Waals surface area contributed by atoms with Crippen molar-refractivity contribution in [2.75, 3.05) is 26.2 Å². The highest BCUT2D eigenvalue weighted by Gasteiger charge is 2.20. The number of ether oxygens (including phenoxy) is 1. The van der Waals surface area contributed by atoms with Gasteiger partial charge in [0.25, 0.3) is 0 Å². The summed E-state index contributed by atoms with van der Waals surface area (Å²) >= 11 is 0. The third kappa shape index (κ3) is 7.59. The first kappa shape index (κ1) is 18.7. The van der Waals surface area contributed by atoms with Crippen molar-refractivity contribution >= 4 is 18.3 Å². The second kappa shape index (κ2) is 9.61. The molecular formula is C15H22ClFN2O3. The van der Waals surface area contributed by atoms with Crippen molar-refractivity contribution in [2.24, 2.45) is 5.92 Å². The van der Waals surface area contributed by atoms with Crippen LogP contribution in [-0.4, -0.2) is 43.4 Å². The number of hydrogen-bond acceptors (Lipinski definition) is 4. The van der Waals surface area contributed by atoms with Crippen LogP contribution in [0.2, 0.25) is 0 Å². The summed E-state index contributed by atoms with van der Waals surface area (Å²) in [5.74, 6) is 0.728. The average molecular weight is 333 g/mol. The molecule has 3 N–H and O–H groups in total. The fourth-order valence-corrected chi connectivity index (χ4v) is 1.79. The molecular weight excluding hydrogens is 311 g/mol. The van der Waals surface area contributed by atoms with E-state index in [0.29, 0.717) is 5.75 Å². The summed E-state index contributed by atoms with van der Waals surface area (Å²) in [6.45, 7) is 1.32. The van der Waals surface area contributed by atoms with E-state index >= 15 is 0 Å². The van der Waals surface area contributed by atoms with Crippen LogP contribution in [0.4, 0.5) is 4.39 Å². The Morgan fingerprint density at radius 1 is 1.36 bits per heavy atom. The van der Waals surface area contributed by atoms with Crippen LogP contribution >= 0.6 is 12.4 Å². The van der Waals surface area contributed by atoms with Gasteiger partial charge in [-0.1, -0.05) is 0 Å². The molecule has 7 heteroatoms. The highest BCUT2D eigenvalue weighted by Crippen LogP contribution is 2.27. The summed E-state index contributed by atoms with van der Waals surface area (Å²) in [6.07, 6.45) is 1.68. The lowest BCUT2D eigenvalue weighted by Gasteiger charge is -2.13. The Hall–Kier alpha value is -1.37. The van der Waals surface area contributed by atoms with Crippen molar-refractivity contribution in [3.05, 3.63) is 30.1 Å². The summed E-state index contributed by atoms with van der Waals surface area (Å²) in [5.41, 5.74) is 0. The monoisotopic (exact) mass is 332 g/mol. The number of benzene rings is 1. The van der Waals surface area contributed by atoms with Gasteiger partial charge in [0.2, 0.25) is 5.91 Å². The maximum absolute atomic E-state index is 12.7. The van der Waals surface area contributed by atoms with Gasteiger partial charge in [-0.15, -0.1) is 12.4 Å². The first-order chi connectivity index (χ1) is 10.1. The number of aliphatic hydroxyl groups is 1. The highest BCUT2D eigenvalue weighted by molar-refractivity contribution is 5.85. The van der Waals surface area contributed by atoms with Gasteiger partial charge in [0, 0.05) is 6.54 Å². The van der Waals surface area contributed by atoms with Crippen molar-refractivity contribution < 1.29 is 19.0 Å². The SMILES string of the molecule is Cl.O=C(CNCC1CC1)NCC(O)COc1ccc(F)cc1. The molecule has 1 amide bonds. The minimum atomic E-state index is -0.803. The molecule has 0 spiro atoms. The first-order valence-electron chi connectivity index (χ1n) is 7.17. The van der Waals surface area contributed by atoms with Crippen molar-refractivity contribution in [2.45, 2.75) is 18.9 Å². The number of rotatable bonds is 9. The summed E-state index contributed by atoms with van der Waals surface area (Å²) in [6, 6.07) is 5.55. The van der Waals surface area contributed by atoms with E-state index in [-0.39, 0.29) is 43.8 Å². The second-order valence-corrected chi connectivity index (χ2v) is 5.30. The standard InChI is InChI=1S/C15H21FN2O3.ClH/c16-12-3-5-14(6-4-12)21-10-13(19)8-18-15(20)9-17-7-11-1-2-11;/h3-6,11,13,17,19H,1-2,7-10H2,(H,18,20);1H. The van der Waals surface area contributed by atoms with Gasteiger partial charge in [-0.05, 0) is 49.6 Å². The number of aliphatic hydroxyl groups excluding tert-OH is 1. The normalized spacial score (nSPS) is 14.8. The van der Waals surface area contributed by atoms with Gasteiger partial charge in [-0.25, -0.2) is 4.39 Å². The van der Waals surface area contributed by atoms with Crippen LogP contribution in [0.15, 0.2) is 24.3 Å². The molecule has 1 aliphatic rings. The minimum absolute atomic E-state index is 0. The molecule has 2 rings (SSSR count). The number of hydrogen-bond donors (Lipinski definition) is 3. The van der Waals surface area contributed by atoms with E-state index in [1.54, 1.807) is 0 Å². The zero-order valence-electron chi connectivity index (χ0n) is 12.3. The van der Waals surface area contributed by atoms with Crippen LogP contribution in [0.5, 0.6) is 5.75 Å². The molecule has 0 bridgehead atoms. The van der Waals surface area contributed by atoms with Crippen molar-refractivity contribution in [3.8, 4) is 5.75 Å². The van der Waals surface area contributed by atoms with Crippen LogP contribution < -0.4 is 15.4 Å². The Kier molecular flexibility index (Phi) is 8.16. The quantitative estimate of drug-likeness (QED) is 0.633. The molecule has 1 aromatic rings. The van der Waals surface area contributed by atoms with Crippen molar-refractivity contribution in [1.29, 1.82) is 0 Å². The molecule has 22 heavy (non-hydrogen) atoms. The molecule has 0 saturated heterocycles. The summed E-state index contributed by atoms with van der Waals surface area (Å²) < 4.78 is 18.0. The molecule has 1 unspecified atom stereocenters. The number of halogens is 2. The molecule has 1 aliphatic carbocycles. The Bertz CT molecular complexity index is 455. The van der Waals surface area contributed by atoms with E-state index in [1.165, 1.54) is 37.1 Å².